The summed E-state index contributed by atoms with van der Waals surface area (Å²) in [7, 11) is 0. The summed E-state index contributed by atoms with van der Waals surface area (Å²) < 4.78 is 0. The smallest absolute Gasteiger partial charge is 0.151 e. The number of nitrogens with one attached hydrogen (secondary N) is 2. The molecular formula is C12H19N3. The maximum Gasteiger partial charge on any atom is 0.151 e. The van der Waals surface area contributed by atoms with Crippen molar-refractivity contribution in [2.45, 2.75) is 57.4 Å². The van der Waals surface area contributed by atoms with Crippen molar-refractivity contribution in [2.24, 2.45) is 0 Å². The van der Waals surface area contributed by atoms with E-state index in [9.17, 15) is 0 Å². The largest absolute Gasteiger partial charge is 0.366 e. The molecule has 82 valence electrons. The summed E-state index contributed by atoms with van der Waals surface area (Å²) in [5.41, 5.74) is 3.08. The van der Waals surface area contributed by atoms with E-state index in [-0.39, 0.29) is 5.41 Å². The molecule has 0 aliphatic heterocycles. The van der Waals surface area contributed by atoms with E-state index in [1.54, 1.807) is 0 Å². The van der Waals surface area contributed by atoms with Gasteiger partial charge in [0.1, 0.15) is 0 Å². The molecule has 3 heteroatoms. The van der Waals surface area contributed by atoms with Gasteiger partial charge in [0.15, 0.2) is 5.82 Å². The third-order valence-electron chi connectivity index (χ3n) is 3.69. The summed E-state index contributed by atoms with van der Waals surface area (Å²) in [5, 5.41) is 11.2. The van der Waals surface area contributed by atoms with Crippen LogP contribution in [-0.4, -0.2) is 16.2 Å². The fourth-order valence-corrected chi connectivity index (χ4v) is 2.54. The van der Waals surface area contributed by atoms with Gasteiger partial charge in [0.05, 0.1) is 0 Å². The van der Waals surface area contributed by atoms with Crippen molar-refractivity contribution in [1.29, 1.82) is 0 Å². The molecule has 1 saturated carbocycles. The monoisotopic (exact) mass is 205 g/mol. The Hall–Kier alpha value is -0.990. The quantitative estimate of drug-likeness (QED) is 0.779. The minimum atomic E-state index is 0.282. The number of nitrogens with zero attached hydrogens (tertiary/aromatic N) is 1. The Labute approximate surface area is 90.7 Å². The summed E-state index contributed by atoms with van der Waals surface area (Å²) in [5.74, 6) is 1.13. The molecule has 0 unspecified atom stereocenters. The zero-order valence-electron chi connectivity index (χ0n) is 9.56. The first kappa shape index (κ1) is 9.25. The van der Waals surface area contributed by atoms with Crippen molar-refractivity contribution in [3.8, 4) is 0 Å². The molecule has 1 aromatic heterocycles. The number of hydrogen-bond donors (Lipinski definition) is 2. The summed E-state index contributed by atoms with van der Waals surface area (Å²) in [6.45, 7) is 4.62. The minimum absolute atomic E-state index is 0.282. The number of fused-ring (bicyclic) bond motifs is 1. The Morgan fingerprint density at radius 3 is 2.93 bits per heavy atom. The van der Waals surface area contributed by atoms with Gasteiger partial charge in [0, 0.05) is 22.7 Å². The van der Waals surface area contributed by atoms with Crippen molar-refractivity contribution in [3.63, 3.8) is 0 Å². The van der Waals surface area contributed by atoms with E-state index in [0.717, 1.165) is 5.82 Å². The van der Waals surface area contributed by atoms with Gasteiger partial charge in [0.25, 0.3) is 0 Å². The molecule has 1 fully saturated rings. The summed E-state index contributed by atoms with van der Waals surface area (Å²) in [6, 6.07) is 0.697. The topological polar surface area (TPSA) is 40.7 Å². The van der Waals surface area contributed by atoms with Crippen molar-refractivity contribution in [3.05, 3.63) is 11.3 Å². The number of rotatable bonds is 2. The van der Waals surface area contributed by atoms with Crippen LogP contribution in [0, 0.1) is 0 Å². The highest BCUT2D eigenvalue weighted by atomic mass is 15.2. The summed E-state index contributed by atoms with van der Waals surface area (Å²) >= 11 is 0. The van der Waals surface area contributed by atoms with Crippen molar-refractivity contribution < 1.29 is 0 Å². The van der Waals surface area contributed by atoms with Crippen LogP contribution in [0.4, 0.5) is 5.82 Å². The van der Waals surface area contributed by atoms with Crippen LogP contribution in [0.3, 0.4) is 0 Å². The number of aromatic nitrogens is 2. The SMILES string of the molecule is CC1(C)CCCc2c(NC3CC3)n[nH]c21. The third kappa shape index (κ3) is 1.54. The molecule has 0 aromatic carbocycles. The van der Waals surface area contributed by atoms with Gasteiger partial charge in [-0.3, -0.25) is 5.10 Å². The molecule has 0 amide bonds. The molecule has 0 bridgehead atoms. The molecule has 0 spiro atoms. The van der Waals surface area contributed by atoms with E-state index in [2.05, 4.69) is 29.4 Å². The van der Waals surface area contributed by atoms with Crippen molar-refractivity contribution in [2.75, 3.05) is 5.32 Å². The fourth-order valence-electron chi connectivity index (χ4n) is 2.54. The second-order valence-electron chi connectivity index (χ2n) is 5.58. The average Bonchev–Trinajstić information content (AvgIpc) is 2.87. The molecule has 2 N–H and O–H groups in total. The Morgan fingerprint density at radius 1 is 1.40 bits per heavy atom. The van der Waals surface area contributed by atoms with Crippen molar-refractivity contribution >= 4 is 5.82 Å². The van der Waals surface area contributed by atoms with Gasteiger partial charge in [-0.15, -0.1) is 0 Å². The number of aromatic amines is 1. The average molecular weight is 205 g/mol. The van der Waals surface area contributed by atoms with E-state index in [0.29, 0.717) is 6.04 Å². The highest BCUT2D eigenvalue weighted by Crippen LogP contribution is 2.39. The lowest BCUT2D eigenvalue weighted by Gasteiger charge is -2.29. The molecule has 3 rings (SSSR count). The standard InChI is InChI=1S/C12H19N3/c1-12(2)7-3-4-9-10(12)14-15-11(9)13-8-5-6-8/h8H,3-7H2,1-2H3,(H2,13,14,15). The second-order valence-corrected chi connectivity index (χ2v) is 5.58. The molecule has 0 atom stereocenters. The van der Waals surface area contributed by atoms with E-state index in [4.69, 9.17) is 0 Å². The predicted octanol–water partition coefficient (Wildman–Crippen LogP) is 2.60. The van der Waals surface area contributed by atoms with Gasteiger partial charge >= 0.3 is 0 Å². The van der Waals surface area contributed by atoms with Gasteiger partial charge in [-0.05, 0) is 32.1 Å². The predicted molar refractivity (Wildman–Crippen MR) is 61.2 cm³/mol. The van der Waals surface area contributed by atoms with Crippen LogP contribution in [0.25, 0.3) is 0 Å². The lowest BCUT2D eigenvalue weighted by atomic mass is 9.76. The zero-order chi connectivity index (χ0) is 10.5. The van der Waals surface area contributed by atoms with Crippen LogP contribution >= 0.6 is 0 Å². The first-order valence-electron chi connectivity index (χ1n) is 6.01. The van der Waals surface area contributed by atoms with E-state index in [1.165, 1.54) is 43.4 Å². The highest BCUT2D eigenvalue weighted by molar-refractivity contribution is 5.51. The van der Waals surface area contributed by atoms with Gasteiger partial charge in [-0.25, -0.2) is 0 Å². The Kier molecular flexibility index (Phi) is 1.85. The molecule has 3 nitrogen and oxygen atoms in total. The number of hydrogen-bond acceptors (Lipinski definition) is 2. The Bertz CT molecular complexity index is 374. The first-order chi connectivity index (χ1) is 7.17. The van der Waals surface area contributed by atoms with Crippen LogP contribution in [0.5, 0.6) is 0 Å². The highest BCUT2D eigenvalue weighted by Gasteiger charge is 2.32. The van der Waals surface area contributed by atoms with Crippen LogP contribution < -0.4 is 5.32 Å². The van der Waals surface area contributed by atoms with Crippen LogP contribution in [0.2, 0.25) is 0 Å². The van der Waals surface area contributed by atoms with Crippen LogP contribution in [0.1, 0.15) is 50.8 Å². The number of H-pyrrole nitrogens is 1. The molecule has 2 aliphatic carbocycles. The molecule has 1 aromatic rings. The maximum absolute atomic E-state index is 4.44. The molecular weight excluding hydrogens is 186 g/mol. The van der Waals surface area contributed by atoms with Gasteiger partial charge in [0.2, 0.25) is 0 Å². The molecule has 0 saturated heterocycles. The maximum atomic E-state index is 4.44. The first-order valence-corrected chi connectivity index (χ1v) is 6.01. The Morgan fingerprint density at radius 2 is 2.20 bits per heavy atom. The van der Waals surface area contributed by atoms with Crippen LogP contribution in [-0.2, 0) is 11.8 Å². The lowest BCUT2D eigenvalue weighted by molar-refractivity contribution is 0.420. The molecule has 0 radical (unpaired) electrons. The normalized spacial score (nSPS) is 23.6. The minimum Gasteiger partial charge on any atom is -0.366 e. The summed E-state index contributed by atoms with van der Waals surface area (Å²) in [4.78, 5) is 0. The van der Waals surface area contributed by atoms with Crippen molar-refractivity contribution in [1.82, 2.24) is 10.2 Å². The molecule has 1 heterocycles. The van der Waals surface area contributed by atoms with Crippen LogP contribution in [0.15, 0.2) is 0 Å². The van der Waals surface area contributed by atoms with Gasteiger partial charge < -0.3 is 5.32 Å². The Balaban J connectivity index is 1.94. The van der Waals surface area contributed by atoms with Gasteiger partial charge in [-0.1, -0.05) is 13.8 Å². The molecule has 15 heavy (non-hydrogen) atoms. The summed E-state index contributed by atoms with van der Waals surface area (Å²) in [6.07, 6.45) is 6.37. The fraction of sp³-hybridized carbons (Fsp3) is 0.750. The lowest BCUT2D eigenvalue weighted by Crippen LogP contribution is -2.24. The zero-order valence-corrected chi connectivity index (χ0v) is 9.56. The third-order valence-corrected chi connectivity index (χ3v) is 3.69. The molecule has 2 aliphatic rings. The van der Waals surface area contributed by atoms with E-state index >= 15 is 0 Å². The number of anilines is 1. The second kappa shape index (κ2) is 3.00. The van der Waals surface area contributed by atoms with E-state index < -0.39 is 0 Å². The van der Waals surface area contributed by atoms with E-state index in [1.807, 2.05) is 0 Å². The van der Waals surface area contributed by atoms with Gasteiger partial charge in [-0.2, -0.15) is 5.10 Å².